The Kier molecular flexibility index (Phi) is 6.88. The van der Waals surface area contributed by atoms with E-state index in [4.69, 9.17) is 9.47 Å². The number of carbonyl (C=O) groups excluding carboxylic acids is 1. The number of nitrogens with one attached hydrogen (secondary N) is 1. The Morgan fingerprint density at radius 2 is 1.77 bits per heavy atom. The molecule has 0 aromatic heterocycles. The van der Waals surface area contributed by atoms with Gasteiger partial charge in [-0.1, -0.05) is 13.3 Å². The number of anilines is 1. The summed E-state index contributed by atoms with van der Waals surface area (Å²) in [6, 6.07) is 3.88. The van der Waals surface area contributed by atoms with Crippen LogP contribution in [0.3, 0.4) is 0 Å². The summed E-state index contributed by atoms with van der Waals surface area (Å²) in [5.74, 6) is 0.767. The van der Waals surface area contributed by atoms with Gasteiger partial charge in [0.05, 0.1) is 6.61 Å². The van der Waals surface area contributed by atoms with Crippen LogP contribution < -0.4 is 10.1 Å². The molecule has 0 aliphatic heterocycles. The van der Waals surface area contributed by atoms with Crippen LogP contribution in [0.15, 0.2) is 12.1 Å². The van der Waals surface area contributed by atoms with E-state index < -0.39 is 5.60 Å². The molecule has 0 saturated carbocycles. The maximum absolute atomic E-state index is 12.3. The normalized spacial score (nSPS) is 11.4. The van der Waals surface area contributed by atoms with E-state index in [1.807, 2.05) is 32.9 Å². The van der Waals surface area contributed by atoms with E-state index in [1.54, 1.807) is 13.8 Å². The minimum Gasteiger partial charge on any atom is -0.493 e. The Balaban J connectivity index is 2.84. The van der Waals surface area contributed by atoms with Gasteiger partial charge in [0.2, 0.25) is 0 Å². The summed E-state index contributed by atoms with van der Waals surface area (Å²) in [5, 5.41) is 2.92. The van der Waals surface area contributed by atoms with Gasteiger partial charge in [-0.3, -0.25) is 4.79 Å². The van der Waals surface area contributed by atoms with Gasteiger partial charge in [-0.05, 0) is 64.3 Å². The Morgan fingerprint density at radius 3 is 2.27 bits per heavy atom. The highest BCUT2D eigenvalue weighted by molar-refractivity contribution is 5.97. The molecule has 4 heteroatoms. The van der Waals surface area contributed by atoms with E-state index in [0.29, 0.717) is 6.61 Å². The number of hydrogen-bond acceptors (Lipinski definition) is 3. The minimum absolute atomic E-state index is 0.146. The van der Waals surface area contributed by atoms with E-state index in [9.17, 15) is 4.79 Å². The van der Waals surface area contributed by atoms with Crippen molar-refractivity contribution in [2.75, 3.05) is 18.5 Å². The first-order chi connectivity index (χ1) is 10.3. The van der Waals surface area contributed by atoms with E-state index in [2.05, 4.69) is 12.2 Å². The molecule has 0 fully saturated rings. The Bertz CT molecular complexity index is 486. The number of benzene rings is 1. The van der Waals surface area contributed by atoms with Crippen molar-refractivity contribution < 1.29 is 14.3 Å². The highest BCUT2D eigenvalue weighted by Crippen LogP contribution is 2.28. The smallest absolute Gasteiger partial charge is 0.256 e. The Morgan fingerprint density at radius 1 is 1.18 bits per heavy atom. The molecule has 0 aliphatic carbocycles. The van der Waals surface area contributed by atoms with Gasteiger partial charge < -0.3 is 14.8 Å². The van der Waals surface area contributed by atoms with Crippen molar-refractivity contribution in [3.8, 4) is 5.75 Å². The molecule has 0 heterocycles. The summed E-state index contributed by atoms with van der Waals surface area (Å²) in [6.45, 7) is 12.8. The number of ether oxygens (including phenoxy) is 2. The van der Waals surface area contributed by atoms with Crippen LogP contribution in [-0.4, -0.2) is 24.7 Å². The largest absolute Gasteiger partial charge is 0.493 e. The first kappa shape index (κ1) is 18.5. The van der Waals surface area contributed by atoms with Crippen molar-refractivity contribution in [3.63, 3.8) is 0 Å². The zero-order chi connectivity index (χ0) is 16.8. The standard InChI is InChI=1S/C18H29NO3/c1-7-9-10-21-16-13(3)11-15(12-14(16)4)19-17(20)18(5,6)22-8-2/h11-12H,7-10H2,1-6H3,(H,19,20). The summed E-state index contributed by atoms with van der Waals surface area (Å²) in [7, 11) is 0. The van der Waals surface area contributed by atoms with Gasteiger partial charge in [0, 0.05) is 12.3 Å². The molecule has 0 bridgehead atoms. The molecule has 124 valence electrons. The lowest BCUT2D eigenvalue weighted by molar-refractivity contribution is -0.136. The summed E-state index contributed by atoms with van der Waals surface area (Å²) < 4.78 is 11.3. The lowest BCUT2D eigenvalue weighted by atomic mass is 10.1. The number of rotatable bonds is 8. The molecule has 1 amide bonds. The van der Waals surface area contributed by atoms with Gasteiger partial charge in [0.15, 0.2) is 0 Å². The highest BCUT2D eigenvalue weighted by atomic mass is 16.5. The monoisotopic (exact) mass is 307 g/mol. The average molecular weight is 307 g/mol. The van der Waals surface area contributed by atoms with Crippen molar-refractivity contribution in [2.24, 2.45) is 0 Å². The number of unbranched alkanes of at least 4 members (excludes halogenated alkanes) is 1. The first-order valence-corrected chi connectivity index (χ1v) is 8.01. The van der Waals surface area contributed by atoms with E-state index in [-0.39, 0.29) is 5.91 Å². The molecule has 0 unspecified atom stereocenters. The fourth-order valence-electron chi connectivity index (χ4n) is 2.28. The van der Waals surface area contributed by atoms with Crippen molar-refractivity contribution in [2.45, 2.75) is 60.0 Å². The van der Waals surface area contributed by atoms with Gasteiger partial charge in [-0.15, -0.1) is 0 Å². The number of hydrogen-bond donors (Lipinski definition) is 1. The zero-order valence-electron chi connectivity index (χ0n) is 14.7. The molecule has 0 aliphatic rings. The number of amides is 1. The van der Waals surface area contributed by atoms with Crippen LogP contribution in [0.1, 0.15) is 51.7 Å². The average Bonchev–Trinajstić information content (AvgIpc) is 2.41. The van der Waals surface area contributed by atoms with Crippen LogP contribution in [0.4, 0.5) is 5.69 Å². The van der Waals surface area contributed by atoms with Gasteiger partial charge in [-0.2, -0.15) is 0 Å². The molecule has 0 saturated heterocycles. The SMILES string of the molecule is CCCCOc1c(C)cc(NC(=O)C(C)(C)OCC)cc1C. The molecule has 1 aromatic carbocycles. The predicted molar refractivity (Wildman–Crippen MR) is 90.7 cm³/mol. The predicted octanol–water partition coefficient (Wildman–Crippen LogP) is 4.24. The maximum Gasteiger partial charge on any atom is 0.256 e. The number of aryl methyl sites for hydroxylation is 2. The molecule has 0 radical (unpaired) electrons. The Labute approximate surface area is 134 Å². The zero-order valence-corrected chi connectivity index (χ0v) is 14.7. The van der Waals surface area contributed by atoms with Crippen LogP contribution in [-0.2, 0) is 9.53 Å². The second kappa shape index (κ2) is 8.18. The van der Waals surface area contributed by atoms with Gasteiger partial charge in [0.1, 0.15) is 11.4 Å². The van der Waals surface area contributed by atoms with Crippen LogP contribution in [0.2, 0.25) is 0 Å². The first-order valence-electron chi connectivity index (χ1n) is 8.01. The Hall–Kier alpha value is -1.55. The van der Waals surface area contributed by atoms with Crippen molar-refractivity contribution >= 4 is 11.6 Å². The van der Waals surface area contributed by atoms with Crippen LogP contribution in [0, 0.1) is 13.8 Å². The molecule has 1 aromatic rings. The molecule has 1 rings (SSSR count). The minimum atomic E-state index is -0.840. The van der Waals surface area contributed by atoms with Crippen LogP contribution >= 0.6 is 0 Å². The second-order valence-electron chi connectivity index (χ2n) is 6.04. The number of carbonyl (C=O) groups is 1. The molecular formula is C18H29NO3. The van der Waals surface area contributed by atoms with Crippen molar-refractivity contribution in [3.05, 3.63) is 23.3 Å². The summed E-state index contributed by atoms with van der Waals surface area (Å²) >= 11 is 0. The fourth-order valence-corrected chi connectivity index (χ4v) is 2.28. The molecule has 0 spiro atoms. The molecule has 22 heavy (non-hydrogen) atoms. The van der Waals surface area contributed by atoms with Crippen LogP contribution in [0.5, 0.6) is 5.75 Å². The third-order valence-corrected chi connectivity index (χ3v) is 3.51. The molecular weight excluding hydrogens is 278 g/mol. The lowest BCUT2D eigenvalue weighted by Crippen LogP contribution is -2.39. The van der Waals surface area contributed by atoms with Crippen LogP contribution in [0.25, 0.3) is 0 Å². The summed E-state index contributed by atoms with van der Waals surface area (Å²) in [5.41, 5.74) is 1.99. The van der Waals surface area contributed by atoms with E-state index >= 15 is 0 Å². The molecule has 4 nitrogen and oxygen atoms in total. The van der Waals surface area contributed by atoms with Gasteiger partial charge >= 0.3 is 0 Å². The van der Waals surface area contributed by atoms with Crippen molar-refractivity contribution in [1.29, 1.82) is 0 Å². The molecule has 1 N–H and O–H groups in total. The molecule has 0 atom stereocenters. The second-order valence-corrected chi connectivity index (χ2v) is 6.04. The quantitative estimate of drug-likeness (QED) is 0.731. The topological polar surface area (TPSA) is 47.6 Å². The third-order valence-electron chi connectivity index (χ3n) is 3.51. The third kappa shape index (κ3) is 5.02. The van der Waals surface area contributed by atoms with Gasteiger partial charge in [0.25, 0.3) is 5.91 Å². The van der Waals surface area contributed by atoms with Gasteiger partial charge in [-0.25, -0.2) is 0 Å². The summed E-state index contributed by atoms with van der Waals surface area (Å²) in [4.78, 5) is 12.3. The van der Waals surface area contributed by atoms with E-state index in [0.717, 1.165) is 42.0 Å². The lowest BCUT2D eigenvalue weighted by Gasteiger charge is -2.24. The highest BCUT2D eigenvalue weighted by Gasteiger charge is 2.28. The fraction of sp³-hybridized carbons (Fsp3) is 0.611. The van der Waals surface area contributed by atoms with E-state index in [1.165, 1.54) is 0 Å². The van der Waals surface area contributed by atoms with Crippen molar-refractivity contribution in [1.82, 2.24) is 0 Å². The summed E-state index contributed by atoms with van der Waals surface area (Å²) in [6.07, 6.45) is 2.15. The maximum atomic E-state index is 12.3.